The second-order valence-electron chi connectivity index (χ2n) is 4.41. The van der Waals surface area contributed by atoms with Crippen molar-refractivity contribution in [3.63, 3.8) is 0 Å². The lowest BCUT2D eigenvalue weighted by Gasteiger charge is -2.06. The predicted molar refractivity (Wildman–Crippen MR) is 70.1 cm³/mol. The number of carbonyl (C=O) groups excluding carboxylic acids is 2. The molecular formula is C14H17NO4. The lowest BCUT2D eigenvalue weighted by atomic mass is 9.99. The van der Waals surface area contributed by atoms with Gasteiger partial charge in [-0.25, -0.2) is 0 Å². The SMILES string of the molecule is Cc1ccc(C)c(C(=O)CCC(=O)NCC(=O)O)c1. The maximum absolute atomic E-state index is 12.0. The molecule has 0 aromatic heterocycles. The van der Waals surface area contributed by atoms with E-state index >= 15 is 0 Å². The molecule has 0 heterocycles. The van der Waals surface area contributed by atoms with Gasteiger partial charge in [-0.1, -0.05) is 17.7 Å². The molecule has 0 atom stereocenters. The van der Waals surface area contributed by atoms with E-state index in [9.17, 15) is 14.4 Å². The summed E-state index contributed by atoms with van der Waals surface area (Å²) in [7, 11) is 0. The number of carboxylic acid groups (broad SMARTS) is 1. The van der Waals surface area contributed by atoms with Crippen LogP contribution in [0.3, 0.4) is 0 Å². The van der Waals surface area contributed by atoms with Gasteiger partial charge in [0.25, 0.3) is 0 Å². The predicted octanol–water partition coefficient (Wildman–Crippen LogP) is 1.47. The minimum Gasteiger partial charge on any atom is -0.480 e. The topological polar surface area (TPSA) is 83.5 Å². The quantitative estimate of drug-likeness (QED) is 0.761. The standard InChI is InChI=1S/C14H17NO4/c1-9-3-4-10(2)11(7-9)12(16)5-6-13(17)15-8-14(18)19/h3-4,7H,5-6,8H2,1-2H3,(H,15,17)(H,18,19). The fourth-order valence-electron chi connectivity index (χ4n) is 1.66. The fraction of sp³-hybridized carbons (Fsp3) is 0.357. The summed E-state index contributed by atoms with van der Waals surface area (Å²) in [5.41, 5.74) is 2.48. The van der Waals surface area contributed by atoms with Crippen LogP contribution in [0.2, 0.25) is 0 Å². The Morgan fingerprint density at radius 1 is 1.16 bits per heavy atom. The minimum atomic E-state index is -1.10. The van der Waals surface area contributed by atoms with Gasteiger partial charge in [0.2, 0.25) is 5.91 Å². The van der Waals surface area contributed by atoms with Crippen molar-refractivity contribution in [2.75, 3.05) is 6.54 Å². The number of aliphatic carboxylic acids is 1. The van der Waals surface area contributed by atoms with Crippen LogP contribution in [0.15, 0.2) is 18.2 Å². The van der Waals surface area contributed by atoms with Gasteiger partial charge in [-0.05, 0) is 25.5 Å². The van der Waals surface area contributed by atoms with Gasteiger partial charge in [-0.15, -0.1) is 0 Å². The largest absolute Gasteiger partial charge is 0.480 e. The normalized spacial score (nSPS) is 10.0. The first-order valence-electron chi connectivity index (χ1n) is 5.99. The van der Waals surface area contributed by atoms with Crippen LogP contribution in [0.5, 0.6) is 0 Å². The van der Waals surface area contributed by atoms with Gasteiger partial charge in [-0.3, -0.25) is 14.4 Å². The van der Waals surface area contributed by atoms with Gasteiger partial charge in [0.05, 0.1) is 0 Å². The van der Waals surface area contributed by atoms with Crippen LogP contribution in [0, 0.1) is 13.8 Å². The number of benzene rings is 1. The monoisotopic (exact) mass is 263 g/mol. The average molecular weight is 263 g/mol. The Kier molecular flexibility index (Phi) is 5.23. The van der Waals surface area contributed by atoms with Crippen molar-refractivity contribution in [2.24, 2.45) is 0 Å². The Bertz CT molecular complexity index is 508. The summed E-state index contributed by atoms with van der Waals surface area (Å²) in [6.45, 7) is 3.32. The first kappa shape index (κ1) is 14.9. The molecule has 0 saturated heterocycles. The van der Waals surface area contributed by atoms with E-state index in [4.69, 9.17) is 5.11 Å². The summed E-state index contributed by atoms with van der Waals surface area (Å²) >= 11 is 0. The molecule has 102 valence electrons. The van der Waals surface area contributed by atoms with Crippen molar-refractivity contribution >= 4 is 17.7 Å². The van der Waals surface area contributed by atoms with Crippen molar-refractivity contribution in [1.29, 1.82) is 0 Å². The van der Waals surface area contributed by atoms with E-state index in [2.05, 4.69) is 5.32 Å². The maximum Gasteiger partial charge on any atom is 0.322 e. The van der Waals surface area contributed by atoms with Crippen LogP contribution < -0.4 is 5.32 Å². The summed E-state index contributed by atoms with van der Waals surface area (Å²) in [5.74, 6) is -1.64. The summed E-state index contributed by atoms with van der Waals surface area (Å²) in [4.78, 5) is 33.5. The Hall–Kier alpha value is -2.17. The third-order valence-corrected chi connectivity index (χ3v) is 2.71. The van der Waals surface area contributed by atoms with Crippen LogP contribution in [-0.4, -0.2) is 29.3 Å². The lowest BCUT2D eigenvalue weighted by molar-refractivity contribution is -0.137. The number of nitrogens with one attached hydrogen (secondary N) is 1. The fourth-order valence-corrected chi connectivity index (χ4v) is 1.66. The zero-order chi connectivity index (χ0) is 14.4. The highest BCUT2D eigenvalue weighted by molar-refractivity contribution is 5.99. The van der Waals surface area contributed by atoms with Gasteiger partial charge < -0.3 is 10.4 Å². The van der Waals surface area contributed by atoms with Gasteiger partial charge in [-0.2, -0.15) is 0 Å². The molecule has 2 N–H and O–H groups in total. The van der Waals surface area contributed by atoms with Gasteiger partial charge in [0.15, 0.2) is 5.78 Å². The highest BCUT2D eigenvalue weighted by Crippen LogP contribution is 2.13. The highest BCUT2D eigenvalue weighted by Gasteiger charge is 2.12. The van der Waals surface area contributed by atoms with E-state index in [0.717, 1.165) is 11.1 Å². The summed E-state index contributed by atoms with van der Waals surface area (Å²) in [6.07, 6.45) is 0.0786. The number of hydrogen-bond acceptors (Lipinski definition) is 3. The molecule has 5 nitrogen and oxygen atoms in total. The van der Waals surface area contributed by atoms with Crippen molar-refractivity contribution < 1.29 is 19.5 Å². The van der Waals surface area contributed by atoms with Crippen LogP contribution in [0.4, 0.5) is 0 Å². The number of hydrogen-bond donors (Lipinski definition) is 2. The third-order valence-electron chi connectivity index (χ3n) is 2.71. The molecule has 19 heavy (non-hydrogen) atoms. The van der Waals surface area contributed by atoms with Crippen LogP contribution in [0.1, 0.15) is 34.3 Å². The highest BCUT2D eigenvalue weighted by atomic mass is 16.4. The van der Waals surface area contributed by atoms with Crippen LogP contribution in [0.25, 0.3) is 0 Å². The molecule has 0 unspecified atom stereocenters. The van der Waals surface area contributed by atoms with Crippen molar-refractivity contribution in [1.82, 2.24) is 5.32 Å². The van der Waals surface area contributed by atoms with E-state index in [0.29, 0.717) is 5.56 Å². The second kappa shape index (κ2) is 6.68. The van der Waals surface area contributed by atoms with Crippen LogP contribution in [-0.2, 0) is 9.59 Å². The average Bonchev–Trinajstić information content (AvgIpc) is 2.36. The molecule has 0 aliphatic heterocycles. The number of Topliss-reactive ketones (excluding diaryl/α,β-unsaturated/α-hetero) is 1. The second-order valence-corrected chi connectivity index (χ2v) is 4.41. The van der Waals surface area contributed by atoms with Crippen molar-refractivity contribution in [3.05, 3.63) is 34.9 Å². The van der Waals surface area contributed by atoms with Gasteiger partial charge in [0.1, 0.15) is 6.54 Å². The molecule has 0 bridgehead atoms. The van der Waals surface area contributed by atoms with E-state index in [1.807, 2.05) is 26.0 Å². The Balaban J connectivity index is 2.53. The number of rotatable bonds is 6. The number of amides is 1. The number of carboxylic acids is 1. The first-order chi connectivity index (χ1) is 8.90. The number of aryl methyl sites for hydroxylation is 2. The minimum absolute atomic E-state index is 0.000501. The van der Waals surface area contributed by atoms with E-state index < -0.39 is 18.4 Å². The summed E-state index contributed by atoms with van der Waals surface area (Å²) in [6, 6.07) is 5.59. The van der Waals surface area contributed by atoms with E-state index in [1.165, 1.54) is 0 Å². The summed E-state index contributed by atoms with van der Waals surface area (Å²) in [5, 5.41) is 10.6. The number of carbonyl (C=O) groups is 3. The molecule has 1 aromatic carbocycles. The molecular weight excluding hydrogens is 246 g/mol. The zero-order valence-corrected chi connectivity index (χ0v) is 11.0. The molecule has 0 radical (unpaired) electrons. The Labute approximate surface area is 111 Å². The zero-order valence-electron chi connectivity index (χ0n) is 11.0. The third kappa shape index (κ3) is 4.91. The maximum atomic E-state index is 12.0. The molecule has 1 aromatic rings. The Morgan fingerprint density at radius 3 is 2.47 bits per heavy atom. The van der Waals surface area contributed by atoms with Gasteiger partial charge >= 0.3 is 5.97 Å². The molecule has 1 rings (SSSR count). The molecule has 0 fully saturated rings. The van der Waals surface area contributed by atoms with E-state index in [-0.39, 0.29) is 18.6 Å². The molecule has 1 amide bonds. The van der Waals surface area contributed by atoms with Crippen molar-refractivity contribution in [2.45, 2.75) is 26.7 Å². The summed E-state index contributed by atoms with van der Waals surface area (Å²) < 4.78 is 0. The van der Waals surface area contributed by atoms with Crippen molar-refractivity contribution in [3.8, 4) is 0 Å². The van der Waals surface area contributed by atoms with E-state index in [1.54, 1.807) is 6.07 Å². The molecule has 0 aliphatic carbocycles. The lowest BCUT2D eigenvalue weighted by Crippen LogP contribution is -2.29. The molecule has 5 heteroatoms. The number of ketones is 1. The smallest absolute Gasteiger partial charge is 0.322 e. The van der Waals surface area contributed by atoms with Crippen LogP contribution >= 0.6 is 0 Å². The molecule has 0 saturated carbocycles. The molecule has 0 spiro atoms. The molecule has 0 aliphatic rings. The first-order valence-corrected chi connectivity index (χ1v) is 5.99. The van der Waals surface area contributed by atoms with Gasteiger partial charge in [0, 0.05) is 18.4 Å². The Morgan fingerprint density at radius 2 is 1.84 bits per heavy atom.